The second-order valence-corrected chi connectivity index (χ2v) is 9.27. The molecule has 0 saturated carbocycles. The zero-order valence-electron chi connectivity index (χ0n) is 19.2. The first kappa shape index (κ1) is 24.1. The van der Waals surface area contributed by atoms with Crippen LogP contribution in [-0.2, 0) is 13.2 Å². The summed E-state index contributed by atoms with van der Waals surface area (Å²) in [5.74, 6) is -1.29. The lowest BCUT2D eigenvalue weighted by Crippen LogP contribution is -2.09. The van der Waals surface area contributed by atoms with Gasteiger partial charge in [-0.15, -0.1) is 10.2 Å². The van der Waals surface area contributed by atoms with Crippen LogP contribution in [0.1, 0.15) is 25.1 Å². The van der Waals surface area contributed by atoms with Gasteiger partial charge < -0.3 is 9.84 Å². The number of hydrogen-bond donors (Lipinski definition) is 1. The van der Waals surface area contributed by atoms with Crippen molar-refractivity contribution in [2.45, 2.75) is 42.8 Å². The van der Waals surface area contributed by atoms with Gasteiger partial charge in [-0.05, 0) is 37.5 Å². The van der Waals surface area contributed by atoms with Crippen LogP contribution in [0, 0.1) is 11.6 Å². The van der Waals surface area contributed by atoms with Crippen LogP contribution in [0.15, 0.2) is 60.2 Å². The van der Waals surface area contributed by atoms with Crippen LogP contribution in [0.2, 0.25) is 0 Å². The summed E-state index contributed by atoms with van der Waals surface area (Å²) >= 11 is 1.59. The summed E-state index contributed by atoms with van der Waals surface area (Å²) in [5.41, 5.74) is 0.847. The van der Waals surface area contributed by atoms with Gasteiger partial charge >= 0.3 is 0 Å². The van der Waals surface area contributed by atoms with E-state index in [2.05, 4.69) is 37.5 Å². The maximum absolute atomic E-state index is 14.9. The first-order valence-electron chi connectivity index (χ1n) is 11.4. The molecule has 0 spiro atoms. The third-order valence-corrected chi connectivity index (χ3v) is 6.73. The highest BCUT2D eigenvalue weighted by Gasteiger charge is 2.21. The van der Waals surface area contributed by atoms with E-state index >= 15 is 0 Å². The van der Waals surface area contributed by atoms with Crippen molar-refractivity contribution >= 4 is 11.8 Å². The number of aromatic nitrogens is 7. The second-order valence-electron chi connectivity index (χ2n) is 8.06. The van der Waals surface area contributed by atoms with Crippen LogP contribution in [-0.4, -0.2) is 51.7 Å². The molecule has 0 aliphatic heterocycles. The molecule has 186 valence electrons. The van der Waals surface area contributed by atoms with Crippen LogP contribution in [0.4, 0.5) is 8.78 Å². The van der Waals surface area contributed by atoms with Crippen molar-refractivity contribution in [3.8, 4) is 22.7 Å². The lowest BCUT2D eigenvalue weighted by molar-refractivity contribution is 0.260. The standard InChI is InChI=1S/C24H23F2N7O2S/c25-19-12-22(20(26)11-18(19)21-14-28-32(31-21)9-10-34)35-15-23-29-30-24(36-17-6-2-1-3-7-17)33(23)16-5-4-8-27-13-16/h2,4-6,8,11-14,17,34H,1,3,7,9-10,15H2/t17-/m0/s1. The van der Waals surface area contributed by atoms with E-state index in [-0.39, 0.29) is 42.0 Å². The van der Waals surface area contributed by atoms with Crippen molar-refractivity contribution in [1.82, 2.24) is 34.7 Å². The molecule has 0 saturated heterocycles. The topological polar surface area (TPSA) is 104 Å². The maximum atomic E-state index is 14.9. The number of pyridine rings is 1. The molecule has 36 heavy (non-hydrogen) atoms. The van der Waals surface area contributed by atoms with Gasteiger partial charge in [-0.3, -0.25) is 9.55 Å². The minimum atomic E-state index is -0.752. The average Bonchev–Trinajstić information content (AvgIpc) is 3.53. The molecule has 12 heteroatoms. The summed E-state index contributed by atoms with van der Waals surface area (Å²) in [7, 11) is 0. The summed E-state index contributed by atoms with van der Waals surface area (Å²) in [6.45, 7) is -0.148. The highest BCUT2D eigenvalue weighted by molar-refractivity contribution is 7.99. The molecule has 3 heterocycles. The van der Waals surface area contributed by atoms with Crippen LogP contribution < -0.4 is 4.74 Å². The fraction of sp³-hybridized carbons (Fsp3) is 0.292. The lowest BCUT2D eigenvalue weighted by atomic mass is 10.1. The average molecular weight is 512 g/mol. The smallest absolute Gasteiger partial charge is 0.196 e. The molecule has 5 rings (SSSR count). The maximum Gasteiger partial charge on any atom is 0.196 e. The number of ether oxygens (including phenoxy) is 1. The molecule has 0 radical (unpaired) electrons. The normalized spacial score (nSPS) is 15.4. The number of halogens is 2. The quantitative estimate of drug-likeness (QED) is 0.337. The van der Waals surface area contributed by atoms with Gasteiger partial charge in [-0.2, -0.15) is 15.0 Å². The largest absolute Gasteiger partial charge is 0.482 e. The van der Waals surface area contributed by atoms with Gasteiger partial charge in [0.2, 0.25) is 0 Å². The number of hydrogen-bond acceptors (Lipinski definition) is 8. The molecule has 0 unspecified atom stereocenters. The van der Waals surface area contributed by atoms with E-state index < -0.39 is 11.6 Å². The SMILES string of the molecule is OCCn1ncc(-c2cc(F)c(OCc3nnc(S[C@H]4C=CCCC4)n3-c3cccnc3)cc2F)n1. The Hall–Kier alpha value is -3.64. The Morgan fingerprint density at radius 2 is 2.08 bits per heavy atom. The summed E-state index contributed by atoms with van der Waals surface area (Å²) in [6.07, 6.45) is 12.2. The van der Waals surface area contributed by atoms with Gasteiger partial charge in [-0.1, -0.05) is 23.9 Å². The summed E-state index contributed by atoms with van der Waals surface area (Å²) in [6, 6.07) is 5.67. The van der Waals surface area contributed by atoms with Gasteiger partial charge in [0, 0.05) is 23.1 Å². The van der Waals surface area contributed by atoms with Crippen molar-refractivity contribution < 1.29 is 18.6 Å². The Balaban J connectivity index is 1.38. The molecular weight excluding hydrogens is 488 g/mol. The van der Waals surface area contributed by atoms with Crippen LogP contribution in [0.25, 0.3) is 16.9 Å². The van der Waals surface area contributed by atoms with E-state index in [4.69, 9.17) is 9.84 Å². The lowest BCUT2D eigenvalue weighted by Gasteiger charge is -2.16. The molecule has 3 aromatic heterocycles. The van der Waals surface area contributed by atoms with E-state index in [0.29, 0.717) is 11.0 Å². The van der Waals surface area contributed by atoms with Crippen molar-refractivity contribution in [3.05, 3.63) is 72.5 Å². The van der Waals surface area contributed by atoms with Crippen molar-refractivity contribution in [2.75, 3.05) is 6.61 Å². The van der Waals surface area contributed by atoms with Crippen molar-refractivity contribution in [1.29, 1.82) is 0 Å². The summed E-state index contributed by atoms with van der Waals surface area (Å²) < 4.78 is 37.2. The number of benzene rings is 1. The molecule has 1 aromatic carbocycles. The Kier molecular flexibility index (Phi) is 7.33. The number of aliphatic hydroxyl groups excluding tert-OH is 1. The number of nitrogens with zero attached hydrogens (tertiary/aromatic N) is 7. The Labute approximate surface area is 209 Å². The molecule has 0 bridgehead atoms. The minimum Gasteiger partial charge on any atom is -0.482 e. The highest BCUT2D eigenvalue weighted by atomic mass is 32.2. The fourth-order valence-corrected chi connectivity index (χ4v) is 4.98. The van der Waals surface area contributed by atoms with E-state index in [1.54, 1.807) is 30.2 Å². The molecular formula is C24H23F2N7O2S. The first-order chi connectivity index (χ1) is 17.6. The van der Waals surface area contributed by atoms with Crippen LogP contribution in [0.5, 0.6) is 5.75 Å². The van der Waals surface area contributed by atoms with Crippen molar-refractivity contribution in [2.24, 2.45) is 0 Å². The molecule has 1 aliphatic carbocycles. The van der Waals surface area contributed by atoms with E-state index in [1.807, 2.05) is 10.6 Å². The Morgan fingerprint density at radius 1 is 1.17 bits per heavy atom. The van der Waals surface area contributed by atoms with Gasteiger partial charge in [0.1, 0.15) is 18.1 Å². The summed E-state index contributed by atoms with van der Waals surface area (Å²) in [4.78, 5) is 5.40. The monoisotopic (exact) mass is 511 g/mol. The van der Waals surface area contributed by atoms with Gasteiger partial charge in [0.25, 0.3) is 0 Å². The zero-order chi connectivity index (χ0) is 24.9. The fourth-order valence-electron chi connectivity index (χ4n) is 3.83. The molecule has 1 N–H and O–H groups in total. The van der Waals surface area contributed by atoms with Crippen molar-refractivity contribution in [3.63, 3.8) is 0 Å². The molecule has 1 aliphatic rings. The number of rotatable bonds is 9. The van der Waals surface area contributed by atoms with Crippen LogP contribution in [0.3, 0.4) is 0 Å². The van der Waals surface area contributed by atoms with E-state index in [0.717, 1.165) is 37.1 Å². The molecule has 4 aromatic rings. The molecule has 0 amide bonds. The van der Waals surface area contributed by atoms with Crippen LogP contribution >= 0.6 is 11.8 Å². The number of allylic oxidation sites excluding steroid dienone is 1. The number of thioether (sulfide) groups is 1. The molecule has 1 atom stereocenters. The number of aliphatic hydroxyl groups is 1. The predicted octanol–water partition coefficient (Wildman–Crippen LogP) is 3.97. The third kappa shape index (κ3) is 5.29. The highest BCUT2D eigenvalue weighted by Crippen LogP contribution is 2.32. The van der Waals surface area contributed by atoms with Gasteiger partial charge in [0.15, 0.2) is 22.5 Å². The summed E-state index contributed by atoms with van der Waals surface area (Å²) in [5, 5.41) is 26.5. The Bertz CT molecular complexity index is 1360. The third-order valence-electron chi connectivity index (χ3n) is 5.56. The first-order valence-corrected chi connectivity index (χ1v) is 12.3. The molecule has 9 nitrogen and oxygen atoms in total. The minimum absolute atomic E-state index is 0.0539. The Morgan fingerprint density at radius 3 is 2.86 bits per heavy atom. The zero-order valence-corrected chi connectivity index (χ0v) is 20.0. The van der Waals surface area contributed by atoms with E-state index in [9.17, 15) is 8.78 Å². The van der Waals surface area contributed by atoms with Gasteiger partial charge in [-0.25, -0.2) is 8.78 Å². The van der Waals surface area contributed by atoms with Gasteiger partial charge in [0.05, 0.1) is 31.2 Å². The van der Waals surface area contributed by atoms with E-state index in [1.165, 1.54) is 11.0 Å². The second kappa shape index (κ2) is 11.0. The predicted molar refractivity (Wildman–Crippen MR) is 129 cm³/mol. The molecule has 0 fully saturated rings.